The van der Waals surface area contributed by atoms with Crippen LogP contribution in [0.2, 0.25) is 0 Å². The minimum Gasteiger partial charge on any atom is -0.493 e. The van der Waals surface area contributed by atoms with Crippen LogP contribution in [0.15, 0.2) is 18.2 Å². The van der Waals surface area contributed by atoms with Crippen LogP contribution in [-0.4, -0.2) is 11.7 Å². The SMILES string of the molecule is CCc1cccc2c1OCC[C@@H]2O. The van der Waals surface area contributed by atoms with Gasteiger partial charge in [-0.1, -0.05) is 25.1 Å². The first kappa shape index (κ1) is 8.57. The van der Waals surface area contributed by atoms with Gasteiger partial charge in [0.25, 0.3) is 0 Å². The number of fused-ring (bicyclic) bond motifs is 1. The van der Waals surface area contributed by atoms with E-state index in [4.69, 9.17) is 4.74 Å². The van der Waals surface area contributed by atoms with Crippen molar-refractivity contribution < 1.29 is 9.84 Å². The van der Waals surface area contributed by atoms with Gasteiger partial charge in [0.15, 0.2) is 0 Å². The zero-order valence-electron chi connectivity index (χ0n) is 7.79. The van der Waals surface area contributed by atoms with E-state index >= 15 is 0 Å². The van der Waals surface area contributed by atoms with Crippen LogP contribution in [0.25, 0.3) is 0 Å². The molecule has 0 unspecified atom stereocenters. The predicted octanol–water partition coefficient (Wildman–Crippen LogP) is 2.06. The predicted molar refractivity (Wildman–Crippen MR) is 50.9 cm³/mol. The van der Waals surface area contributed by atoms with Crippen molar-refractivity contribution in [1.29, 1.82) is 0 Å². The third-order valence-electron chi connectivity index (χ3n) is 2.50. The van der Waals surface area contributed by atoms with Crippen LogP contribution in [0.4, 0.5) is 0 Å². The maximum Gasteiger partial charge on any atom is 0.128 e. The second-order valence-corrected chi connectivity index (χ2v) is 3.34. The van der Waals surface area contributed by atoms with E-state index in [9.17, 15) is 5.11 Å². The molecule has 0 aromatic heterocycles. The highest BCUT2D eigenvalue weighted by atomic mass is 16.5. The minimum absolute atomic E-state index is 0.338. The van der Waals surface area contributed by atoms with Crippen molar-refractivity contribution in [2.75, 3.05) is 6.61 Å². The maximum absolute atomic E-state index is 9.70. The molecule has 0 saturated carbocycles. The van der Waals surface area contributed by atoms with E-state index in [2.05, 4.69) is 13.0 Å². The number of hydrogen-bond donors (Lipinski definition) is 1. The molecule has 1 heterocycles. The molecule has 0 bridgehead atoms. The van der Waals surface area contributed by atoms with Gasteiger partial charge in [-0.05, 0) is 12.0 Å². The van der Waals surface area contributed by atoms with E-state index in [-0.39, 0.29) is 6.10 Å². The molecule has 2 rings (SSSR count). The molecule has 1 aromatic rings. The summed E-state index contributed by atoms with van der Waals surface area (Å²) in [6.45, 7) is 2.73. The fourth-order valence-electron chi connectivity index (χ4n) is 1.75. The molecule has 70 valence electrons. The number of hydrogen-bond acceptors (Lipinski definition) is 2. The fraction of sp³-hybridized carbons (Fsp3) is 0.455. The standard InChI is InChI=1S/C11H14O2/c1-2-8-4-3-5-9-10(12)6-7-13-11(8)9/h3-5,10,12H,2,6-7H2,1H3/t10-/m0/s1. The van der Waals surface area contributed by atoms with Crippen LogP contribution < -0.4 is 4.74 Å². The first-order valence-corrected chi connectivity index (χ1v) is 4.75. The van der Waals surface area contributed by atoms with Crippen LogP contribution in [0.1, 0.15) is 30.6 Å². The Labute approximate surface area is 78.2 Å². The number of ether oxygens (including phenoxy) is 1. The van der Waals surface area contributed by atoms with E-state index in [0.29, 0.717) is 13.0 Å². The van der Waals surface area contributed by atoms with Gasteiger partial charge in [-0.25, -0.2) is 0 Å². The van der Waals surface area contributed by atoms with Crippen molar-refractivity contribution in [1.82, 2.24) is 0 Å². The van der Waals surface area contributed by atoms with Gasteiger partial charge in [-0.2, -0.15) is 0 Å². The van der Waals surface area contributed by atoms with Gasteiger partial charge < -0.3 is 9.84 Å². The molecule has 0 spiro atoms. The Morgan fingerprint density at radius 2 is 2.38 bits per heavy atom. The van der Waals surface area contributed by atoms with Crippen molar-refractivity contribution in [2.24, 2.45) is 0 Å². The molecule has 2 heteroatoms. The number of benzene rings is 1. The Hall–Kier alpha value is -1.02. The fourth-order valence-corrected chi connectivity index (χ4v) is 1.75. The molecule has 13 heavy (non-hydrogen) atoms. The van der Waals surface area contributed by atoms with E-state index in [0.717, 1.165) is 17.7 Å². The number of aliphatic hydroxyl groups excluding tert-OH is 1. The third-order valence-corrected chi connectivity index (χ3v) is 2.50. The first-order valence-electron chi connectivity index (χ1n) is 4.75. The van der Waals surface area contributed by atoms with Crippen LogP contribution in [0, 0.1) is 0 Å². The lowest BCUT2D eigenvalue weighted by molar-refractivity contribution is 0.114. The smallest absolute Gasteiger partial charge is 0.128 e. The normalized spacial score (nSPS) is 20.6. The van der Waals surface area contributed by atoms with E-state index in [1.165, 1.54) is 5.56 Å². The third kappa shape index (κ3) is 1.42. The summed E-state index contributed by atoms with van der Waals surface area (Å²) in [6, 6.07) is 5.98. The summed E-state index contributed by atoms with van der Waals surface area (Å²) in [7, 11) is 0. The van der Waals surface area contributed by atoms with E-state index in [1.54, 1.807) is 0 Å². The first-order chi connectivity index (χ1) is 6.33. The highest BCUT2D eigenvalue weighted by molar-refractivity contribution is 5.43. The molecule has 1 aliphatic rings. The van der Waals surface area contributed by atoms with Crippen molar-refractivity contribution in [2.45, 2.75) is 25.9 Å². The summed E-state index contributed by atoms with van der Waals surface area (Å²) in [4.78, 5) is 0. The number of aryl methyl sites for hydroxylation is 1. The molecule has 1 aromatic carbocycles. The van der Waals surface area contributed by atoms with Crippen molar-refractivity contribution in [3.8, 4) is 5.75 Å². The summed E-state index contributed by atoms with van der Waals surface area (Å²) < 4.78 is 5.56. The lowest BCUT2D eigenvalue weighted by atomic mass is 9.99. The molecular formula is C11H14O2. The summed E-state index contributed by atoms with van der Waals surface area (Å²) in [5, 5.41) is 9.70. The quantitative estimate of drug-likeness (QED) is 0.713. The van der Waals surface area contributed by atoms with E-state index < -0.39 is 0 Å². The molecule has 0 aliphatic carbocycles. The Morgan fingerprint density at radius 3 is 3.15 bits per heavy atom. The van der Waals surface area contributed by atoms with Crippen molar-refractivity contribution >= 4 is 0 Å². The summed E-state index contributed by atoms with van der Waals surface area (Å²) in [5.41, 5.74) is 2.14. The zero-order chi connectivity index (χ0) is 9.26. The molecule has 2 nitrogen and oxygen atoms in total. The van der Waals surface area contributed by atoms with Gasteiger partial charge in [0.2, 0.25) is 0 Å². The Bertz CT molecular complexity index is 307. The van der Waals surface area contributed by atoms with Gasteiger partial charge in [0.1, 0.15) is 5.75 Å². The Balaban J connectivity index is 2.48. The number of aliphatic hydroxyl groups is 1. The highest BCUT2D eigenvalue weighted by Crippen LogP contribution is 2.34. The van der Waals surface area contributed by atoms with Crippen molar-refractivity contribution in [3.05, 3.63) is 29.3 Å². The molecule has 1 aliphatic heterocycles. The van der Waals surface area contributed by atoms with Gasteiger partial charge in [0.05, 0.1) is 12.7 Å². The van der Waals surface area contributed by atoms with Crippen LogP contribution >= 0.6 is 0 Å². The molecular weight excluding hydrogens is 164 g/mol. The van der Waals surface area contributed by atoms with Crippen molar-refractivity contribution in [3.63, 3.8) is 0 Å². The van der Waals surface area contributed by atoms with Crippen LogP contribution in [-0.2, 0) is 6.42 Å². The molecule has 1 atom stereocenters. The molecule has 1 N–H and O–H groups in total. The Kier molecular flexibility index (Phi) is 2.23. The number of para-hydroxylation sites is 1. The van der Waals surface area contributed by atoms with Gasteiger partial charge >= 0.3 is 0 Å². The second kappa shape index (κ2) is 3.38. The molecule has 0 amide bonds. The summed E-state index contributed by atoms with van der Waals surface area (Å²) in [6.07, 6.45) is 1.33. The topological polar surface area (TPSA) is 29.5 Å². The van der Waals surface area contributed by atoms with E-state index in [1.807, 2.05) is 12.1 Å². The monoisotopic (exact) mass is 178 g/mol. The van der Waals surface area contributed by atoms with Gasteiger partial charge in [-0.3, -0.25) is 0 Å². The largest absolute Gasteiger partial charge is 0.493 e. The van der Waals surface area contributed by atoms with Crippen LogP contribution in [0.5, 0.6) is 5.75 Å². The molecule has 0 fully saturated rings. The Morgan fingerprint density at radius 1 is 1.54 bits per heavy atom. The minimum atomic E-state index is -0.338. The van der Waals surface area contributed by atoms with Gasteiger partial charge in [-0.15, -0.1) is 0 Å². The second-order valence-electron chi connectivity index (χ2n) is 3.34. The summed E-state index contributed by atoms with van der Waals surface area (Å²) >= 11 is 0. The molecule has 0 saturated heterocycles. The molecule has 0 radical (unpaired) electrons. The zero-order valence-corrected chi connectivity index (χ0v) is 7.79. The van der Waals surface area contributed by atoms with Crippen LogP contribution in [0.3, 0.4) is 0 Å². The highest BCUT2D eigenvalue weighted by Gasteiger charge is 2.20. The number of rotatable bonds is 1. The lowest BCUT2D eigenvalue weighted by Gasteiger charge is -2.23. The average Bonchev–Trinajstić information content (AvgIpc) is 2.18. The maximum atomic E-state index is 9.70. The average molecular weight is 178 g/mol. The van der Waals surface area contributed by atoms with Gasteiger partial charge in [0, 0.05) is 12.0 Å². The lowest BCUT2D eigenvalue weighted by Crippen LogP contribution is -2.14. The summed E-state index contributed by atoms with van der Waals surface area (Å²) in [5.74, 6) is 0.906.